The Kier molecular flexibility index (Phi) is 2.82. The predicted octanol–water partition coefficient (Wildman–Crippen LogP) is 3.86. The molecule has 0 fully saturated rings. The number of benzene rings is 1. The van der Waals surface area contributed by atoms with Crippen molar-refractivity contribution < 1.29 is 0 Å². The van der Waals surface area contributed by atoms with E-state index in [2.05, 4.69) is 47.8 Å². The Morgan fingerprint density at radius 2 is 1.84 bits per heavy atom. The minimum absolute atomic E-state index is 0.773. The molecule has 0 spiro atoms. The second-order valence-electron chi connectivity index (χ2n) is 5.02. The van der Waals surface area contributed by atoms with Crippen LogP contribution in [0.1, 0.15) is 16.7 Å². The SMILES string of the molecule is Cc1cc(C)c(N2CC=Nc3cccnc32)c(C)c1. The van der Waals surface area contributed by atoms with Crippen LogP contribution in [0.25, 0.3) is 0 Å². The maximum atomic E-state index is 4.49. The standard InChI is InChI=1S/C16H17N3/c1-11-9-12(2)15(13(3)10-11)19-8-7-17-14-5-4-6-18-16(14)19/h4-7,9-10H,8H2,1-3H3. The zero-order valence-electron chi connectivity index (χ0n) is 11.5. The highest BCUT2D eigenvalue weighted by atomic mass is 15.2. The van der Waals surface area contributed by atoms with Crippen LogP contribution in [0.15, 0.2) is 35.5 Å². The van der Waals surface area contributed by atoms with Gasteiger partial charge in [-0.1, -0.05) is 17.7 Å². The van der Waals surface area contributed by atoms with Crippen molar-refractivity contribution in [3.63, 3.8) is 0 Å². The molecular formula is C16H17N3. The highest BCUT2D eigenvalue weighted by Gasteiger charge is 2.20. The maximum absolute atomic E-state index is 4.49. The molecule has 0 aliphatic carbocycles. The molecule has 0 radical (unpaired) electrons. The Morgan fingerprint density at radius 3 is 2.58 bits per heavy atom. The van der Waals surface area contributed by atoms with E-state index in [1.807, 2.05) is 24.5 Å². The number of aryl methyl sites for hydroxylation is 3. The van der Waals surface area contributed by atoms with E-state index in [1.165, 1.54) is 22.4 Å². The molecule has 96 valence electrons. The Bertz CT molecular complexity index is 636. The number of hydrogen-bond acceptors (Lipinski definition) is 3. The summed E-state index contributed by atoms with van der Waals surface area (Å²) < 4.78 is 0. The fourth-order valence-corrected chi connectivity index (χ4v) is 2.80. The maximum Gasteiger partial charge on any atom is 0.159 e. The number of rotatable bonds is 1. The molecule has 3 nitrogen and oxygen atoms in total. The molecule has 1 aromatic carbocycles. The average molecular weight is 251 g/mol. The molecule has 1 aromatic heterocycles. The largest absolute Gasteiger partial charge is 0.319 e. The van der Waals surface area contributed by atoms with Gasteiger partial charge in [0.2, 0.25) is 0 Å². The van der Waals surface area contributed by atoms with Crippen molar-refractivity contribution in [2.75, 3.05) is 11.4 Å². The molecular weight excluding hydrogens is 234 g/mol. The highest BCUT2D eigenvalue weighted by Crippen LogP contribution is 2.37. The summed E-state index contributed by atoms with van der Waals surface area (Å²) >= 11 is 0. The molecule has 0 amide bonds. The first-order chi connectivity index (χ1) is 9.16. The van der Waals surface area contributed by atoms with Gasteiger partial charge < -0.3 is 4.90 Å². The molecule has 3 heteroatoms. The van der Waals surface area contributed by atoms with Crippen molar-refractivity contribution in [2.24, 2.45) is 4.99 Å². The molecule has 2 heterocycles. The van der Waals surface area contributed by atoms with Crippen molar-refractivity contribution in [3.8, 4) is 0 Å². The fourth-order valence-electron chi connectivity index (χ4n) is 2.80. The smallest absolute Gasteiger partial charge is 0.159 e. The number of hydrogen-bond donors (Lipinski definition) is 0. The minimum atomic E-state index is 0.773. The van der Waals surface area contributed by atoms with Crippen LogP contribution >= 0.6 is 0 Å². The van der Waals surface area contributed by atoms with E-state index >= 15 is 0 Å². The molecule has 19 heavy (non-hydrogen) atoms. The third-order valence-electron chi connectivity index (χ3n) is 3.42. The van der Waals surface area contributed by atoms with Gasteiger partial charge in [0, 0.05) is 18.1 Å². The van der Waals surface area contributed by atoms with Crippen LogP contribution in [0, 0.1) is 20.8 Å². The number of anilines is 2. The zero-order chi connectivity index (χ0) is 13.4. The van der Waals surface area contributed by atoms with Crippen LogP contribution in [0.3, 0.4) is 0 Å². The second-order valence-corrected chi connectivity index (χ2v) is 5.02. The Morgan fingerprint density at radius 1 is 1.11 bits per heavy atom. The lowest BCUT2D eigenvalue weighted by Gasteiger charge is -2.29. The third-order valence-corrected chi connectivity index (χ3v) is 3.42. The summed E-state index contributed by atoms with van der Waals surface area (Å²) in [4.78, 5) is 11.2. The van der Waals surface area contributed by atoms with Gasteiger partial charge in [-0.05, 0) is 44.0 Å². The minimum Gasteiger partial charge on any atom is -0.319 e. The molecule has 0 bridgehead atoms. The summed E-state index contributed by atoms with van der Waals surface area (Å²) in [6.45, 7) is 7.22. The molecule has 3 rings (SSSR count). The van der Waals surface area contributed by atoms with Gasteiger partial charge in [0.25, 0.3) is 0 Å². The van der Waals surface area contributed by atoms with Gasteiger partial charge in [-0.3, -0.25) is 4.99 Å². The Labute approximate surface area is 113 Å². The van der Waals surface area contributed by atoms with E-state index in [-0.39, 0.29) is 0 Å². The van der Waals surface area contributed by atoms with Crippen molar-refractivity contribution in [1.29, 1.82) is 0 Å². The van der Waals surface area contributed by atoms with Gasteiger partial charge in [0.1, 0.15) is 5.69 Å². The molecule has 2 aromatic rings. The first kappa shape index (κ1) is 11.9. The number of aliphatic imine (C=N–C) groups is 1. The molecule has 1 aliphatic heterocycles. The van der Waals surface area contributed by atoms with Crippen LogP contribution < -0.4 is 4.90 Å². The van der Waals surface area contributed by atoms with Crippen molar-refractivity contribution in [3.05, 3.63) is 47.2 Å². The van der Waals surface area contributed by atoms with E-state index < -0.39 is 0 Å². The number of aromatic nitrogens is 1. The highest BCUT2D eigenvalue weighted by molar-refractivity contribution is 5.86. The molecule has 0 N–H and O–H groups in total. The van der Waals surface area contributed by atoms with Crippen molar-refractivity contribution in [2.45, 2.75) is 20.8 Å². The van der Waals surface area contributed by atoms with E-state index in [0.29, 0.717) is 0 Å². The van der Waals surface area contributed by atoms with Gasteiger partial charge in [-0.25, -0.2) is 4.98 Å². The zero-order valence-corrected chi connectivity index (χ0v) is 11.5. The first-order valence-corrected chi connectivity index (χ1v) is 6.50. The Balaban J connectivity index is 2.17. The van der Waals surface area contributed by atoms with Crippen LogP contribution in [0.2, 0.25) is 0 Å². The van der Waals surface area contributed by atoms with Gasteiger partial charge in [0.05, 0.1) is 6.54 Å². The quantitative estimate of drug-likeness (QED) is 0.770. The van der Waals surface area contributed by atoms with Gasteiger partial charge in [-0.2, -0.15) is 0 Å². The topological polar surface area (TPSA) is 28.5 Å². The van der Waals surface area contributed by atoms with E-state index in [0.717, 1.165) is 18.1 Å². The van der Waals surface area contributed by atoms with E-state index in [9.17, 15) is 0 Å². The first-order valence-electron chi connectivity index (χ1n) is 6.50. The van der Waals surface area contributed by atoms with Gasteiger partial charge >= 0.3 is 0 Å². The number of pyridine rings is 1. The summed E-state index contributed by atoms with van der Waals surface area (Å²) in [6, 6.07) is 8.37. The normalized spacial score (nSPS) is 13.5. The van der Waals surface area contributed by atoms with Crippen LogP contribution in [0.5, 0.6) is 0 Å². The predicted molar refractivity (Wildman–Crippen MR) is 80.0 cm³/mol. The molecule has 0 atom stereocenters. The molecule has 0 saturated carbocycles. The second kappa shape index (κ2) is 4.50. The number of nitrogens with zero attached hydrogens (tertiary/aromatic N) is 3. The van der Waals surface area contributed by atoms with Gasteiger partial charge in [0.15, 0.2) is 5.82 Å². The van der Waals surface area contributed by atoms with Crippen molar-refractivity contribution >= 4 is 23.4 Å². The Hall–Kier alpha value is -2.16. The molecule has 0 saturated heterocycles. The lowest BCUT2D eigenvalue weighted by Crippen LogP contribution is -2.24. The average Bonchev–Trinajstić information content (AvgIpc) is 2.38. The summed E-state index contributed by atoms with van der Waals surface area (Å²) in [7, 11) is 0. The number of fused-ring (bicyclic) bond motifs is 1. The molecule has 0 unspecified atom stereocenters. The fraction of sp³-hybridized carbons (Fsp3) is 0.250. The lowest BCUT2D eigenvalue weighted by molar-refractivity contribution is 1.04. The summed E-state index contributed by atoms with van der Waals surface area (Å²) in [5.41, 5.74) is 6.05. The summed E-state index contributed by atoms with van der Waals surface area (Å²) in [5.74, 6) is 0.944. The van der Waals surface area contributed by atoms with E-state index in [4.69, 9.17) is 0 Å². The van der Waals surface area contributed by atoms with Crippen LogP contribution in [-0.2, 0) is 0 Å². The van der Waals surface area contributed by atoms with Crippen LogP contribution in [0.4, 0.5) is 17.2 Å². The van der Waals surface area contributed by atoms with Crippen LogP contribution in [-0.4, -0.2) is 17.7 Å². The summed E-state index contributed by atoms with van der Waals surface area (Å²) in [5, 5.41) is 0. The van der Waals surface area contributed by atoms with E-state index in [1.54, 1.807) is 0 Å². The monoisotopic (exact) mass is 251 g/mol. The summed E-state index contributed by atoms with van der Waals surface area (Å²) in [6.07, 6.45) is 3.77. The van der Waals surface area contributed by atoms with Gasteiger partial charge in [-0.15, -0.1) is 0 Å². The van der Waals surface area contributed by atoms with Crippen molar-refractivity contribution in [1.82, 2.24) is 4.98 Å². The lowest BCUT2D eigenvalue weighted by atomic mass is 10.0. The third kappa shape index (κ3) is 2.01. The molecule has 1 aliphatic rings.